The van der Waals surface area contributed by atoms with Crippen LogP contribution in [0.4, 0.5) is 0 Å². The third-order valence-corrected chi connectivity index (χ3v) is 3.79. The molecule has 0 saturated carbocycles. The lowest BCUT2D eigenvalue weighted by Gasteiger charge is -2.32. The Kier molecular flexibility index (Phi) is 5.44. The van der Waals surface area contributed by atoms with Gasteiger partial charge in [0.05, 0.1) is 11.4 Å². The zero-order chi connectivity index (χ0) is 15.2. The summed E-state index contributed by atoms with van der Waals surface area (Å²) in [4.78, 5) is 24.0. The van der Waals surface area contributed by atoms with Gasteiger partial charge in [-0.25, -0.2) is 0 Å². The molecule has 1 heterocycles. The van der Waals surface area contributed by atoms with Crippen molar-refractivity contribution in [3.05, 3.63) is 29.3 Å². The van der Waals surface area contributed by atoms with Crippen LogP contribution in [-0.2, 0) is 9.59 Å². The summed E-state index contributed by atoms with van der Waals surface area (Å²) in [6.45, 7) is 1.18. The Bertz CT molecular complexity index is 512. The maximum absolute atomic E-state index is 11.8. The number of hydrogen-bond acceptors (Lipinski definition) is 3. The number of benzene rings is 1. The van der Waals surface area contributed by atoms with Crippen LogP contribution in [0.5, 0.6) is 5.75 Å². The minimum atomic E-state index is -0.944. The molecule has 0 aliphatic carbocycles. The SMILES string of the molecule is O=C(O)CCC(=O)N1CCC(Oc2ccccc2Cl)CC1. The van der Waals surface area contributed by atoms with E-state index in [2.05, 4.69) is 0 Å². The van der Waals surface area contributed by atoms with E-state index in [-0.39, 0.29) is 24.9 Å². The van der Waals surface area contributed by atoms with Crippen molar-refractivity contribution in [2.24, 2.45) is 0 Å². The van der Waals surface area contributed by atoms with Crippen molar-refractivity contribution < 1.29 is 19.4 Å². The highest BCUT2D eigenvalue weighted by atomic mass is 35.5. The van der Waals surface area contributed by atoms with E-state index in [1.54, 1.807) is 11.0 Å². The summed E-state index contributed by atoms with van der Waals surface area (Å²) >= 11 is 6.05. The number of nitrogens with zero attached hydrogens (tertiary/aromatic N) is 1. The number of carboxylic acids is 1. The first-order chi connectivity index (χ1) is 10.1. The van der Waals surface area contributed by atoms with E-state index < -0.39 is 5.97 Å². The summed E-state index contributed by atoms with van der Waals surface area (Å²) in [7, 11) is 0. The smallest absolute Gasteiger partial charge is 0.303 e. The molecule has 1 amide bonds. The van der Waals surface area contributed by atoms with Gasteiger partial charge in [0.25, 0.3) is 0 Å². The molecule has 1 aliphatic heterocycles. The standard InChI is InChI=1S/C15H18ClNO4/c16-12-3-1-2-4-13(12)21-11-7-9-17(10-8-11)14(18)5-6-15(19)20/h1-4,11H,5-10H2,(H,19,20). The van der Waals surface area contributed by atoms with Gasteiger partial charge >= 0.3 is 5.97 Å². The third kappa shape index (κ3) is 4.63. The van der Waals surface area contributed by atoms with Crippen molar-refractivity contribution in [1.82, 2.24) is 4.90 Å². The van der Waals surface area contributed by atoms with E-state index in [0.717, 1.165) is 12.8 Å². The van der Waals surface area contributed by atoms with E-state index in [1.807, 2.05) is 18.2 Å². The van der Waals surface area contributed by atoms with Crippen molar-refractivity contribution in [3.8, 4) is 5.75 Å². The van der Waals surface area contributed by atoms with E-state index in [4.69, 9.17) is 21.4 Å². The molecule has 5 nitrogen and oxygen atoms in total. The summed E-state index contributed by atoms with van der Waals surface area (Å²) in [6.07, 6.45) is 1.43. The fourth-order valence-corrected chi connectivity index (χ4v) is 2.50. The highest BCUT2D eigenvalue weighted by molar-refractivity contribution is 6.32. The Morgan fingerprint density at radius 3 is 2.52 bits per heavy atom. The molecule has 1 aromatic rings. The van der Waals surface area contributed by atoms with Gasteiger partial charge in [0.15, 0.2) is 0 Å². The number of para-hydroxylation sites is 1. The average Bonchev–Trinajstić information content (AvgIpc) is 2.48. The molecule has 1 N–H and O–H groups in total. The number of rotatable bonds is 5. The van der Waals surface area contributed by atoms with E-state index in [0.29, 0.717) is 23.9 Å². The molecule has 0 spiro atoms. The van der Waals surface area contributed by atoms with Gasteiger partial charge in [0.2, 0.25) is 5.91 Å². The third-order valence-electron chi connectivity index (χ3n) is 3.48. The molecule has 21 heavy (non-hydrogen) atoms. The largest absolute Gasteiger partial charge is 0.489 e. The van der Waals surface area contributed by atoms with Crippen LogP contribution in [0.3, 0.4) is 0 Å². The number of carbonyl (C=O) groups is 2. The number of carboxylic acid groups (broad SMARTS) is 1. The number of piperidine rings is 1. The number of amides is 1. The Morgan fingerprint density at radius 1 is 1.24 bits per heavy atom. The first kappa shape index (κ1) is 15.6. The lowest BCUT2D eigenvalue weighted by molar-refractivity contribution is -0.141. The highest BCUT2D eigenvalue weighted by Crippen LogP contribution is 2.26. The molecule has 0 unspecified atom stereocenters. The predicted octanol–water partition coefficient (Wildman–Crippen LogP) is 2.57. The van der Waals surface area contributed by atoms with Crippen LogP contribution in [0, 0.1) is 0 Å². The molecule has 1 fully saturated rings. The summed E-state index contributed by atoms with van der Waals surface area (Å²) in [5.74, 6) is -0.385. The molecule has 1 aliphatic rings. The fraction of sp³-hybridized carbons (Fsp3) is 0.467. The lowest BCUT2D eigenvalue weighted by Crippen LogP contribution is -2.41. The zero-order valence-corrected chi connectivity index (χ0v) is 12.4. The monoisotopic (exact) mass is 311 g/mol. The van der Waals surface area contributed by atoms with Crippen LogP contribution in [0.2, 0.25) is 5.02 Å². The van der Waals surface area contributed by atoms with Gasteiger partial charge in [0, 0.05) is 32.4 Å². The number of carbonyl (C=O) groups excluding carboxylic acids is 1. The summed E-state index contributed by atoms with van der Waals surface area (Å²) in [5.41, 5.74) is 0. The van der Waals surface area contributed by atoms with Crippen LogP contribution in [0.15, 0.2) is 24.3 Å². The van der Waals surface area contributed by atoms with Crippen LogP contribution in [-0.4, -0.2) is 41.1 Å². The van der Waals surface area contributed by atoms with Crippen LogP contribution in [0.25, 0.3) is 0 Å². The number of aliphatic carboxylic acids is 1. The topological polar surface area (TPSA) is 66.8 Å². The maximum Gasteiger partial charge on any atom is 0.303 e. The summed E-state index contributed by atoms with van der Waals surface area (Å²) < 4.78 is 5.85. The Hall–Kier alpha value is -1.75. The van der Waals surface area contributed by atoms with Gasteiger partial charge in [-0.15, -0.1) is 0 Å². The molecule has 0 atom stereocenters. The molecule has 0 bridgehead atoms. The van der Waals surface area contributed by atoms with Crippen molar-refractivity contribution >= 4 is 23.5 Å². The first-order valence-corrected chi connectivity index (χ1v) is 7.35. The Morgan fingerprint density at radius 2 is 1.90 bits per heavy atom. The number of ether oxygens (including phenoxy) is 1. The number of likely N-dealkylation sites (tertiary alicyclic amines) is 1. The molecule has 0 aromatic heterocycles. The normalized spacial score (nSPS) is 15.8. The van der Waals surface area contributed by atoms with E-state index in [9.17, 15) is 9.59 Å². The summed E-state index contributed by atoms with van der Waals surface area (Å²) in [6, 6.07) is 7.32. The van der Waals surface area contributed by atoms with Crippen molar-refractivity contribution in [2.75, 3.05) is 13.1 Å². The van der Waals surface area contributed by atoms with E-state index >= 15 is 0 Å². The zero-order valence-electron chi connectivity index (χ0n) is 11.6. The van der Waals surface area contributed by atoms with Gasteiger partial charge in [-0.2, -0.15) is 0 Å². The van der Waals surface area contributed by atoms with Crippen molar-refractivity contribution in [1.29, 1.82) is 0 Å². The number of halogens is 1. The Balaban J connectivity index is 1.79. The lowest BCUT2D eigenvalue weighted by atomic mass is 10.1. The van der Waals surface area contributed by atoms with Crippen LogP contribution < -0.4 is 4.74 Å². The average molecular weight is 312 g/mol. The molecular formula is C15H18ClNO4. The fourth-order valence-electron chi connectivity index (χ4n) is 2.31. The highest BCUT2D eigenvalue weighted by Gasteiger charge is 2.24. The van der Waals surface area contributed by atoms with Gasteiger partial charge in [-0.3, -0.25) is 9.59 Å². The molecule has 0 radical (unpaired) electrons. The molecule has 2 rings (SSSR count). The second kappa shape index (κ2) is 7.31. The molecule has 1 aromatic carbocycles. The minimum Gasteiger partial charge on any atom is -0.489 e. The Labute approximate surface area is 128 Å². The minimum absolute atomic E-state index is 0.0356. The first-order valence-electron chi connectivity index (χ1n) is 6.97. The maximum atomic E-state index is 11.8. The summed E-state index contributed by atoms with van der Waals surface area (Å²) in [5, 5.41) is 9.17. The van der Waals surface area contributed by atoms with Crippen molar-refractivity contribution in [2.45, 2.75) is 31.8 Å². The quantitative estimate of drug-likeness (QED) is 0.907. The molecule has 1 saturated heterocycles. The van der Waals surface area contributed by atoms with E-state index in [1.165, 1.54) is 0 Å². The van der Waals surface area contributed by atoms with Gasteiger partial charge in [-0.05, 0) is 12.1 Å². The predicted molar refractivity (Wildman–Crippen MR) is 78.6 cm³/mol. The molecule has 114 valence electrons. The van der Waals surface area contributed by atoms with Crippen molar-refractivity contribution in [3.63, 3.8) is 0 Å². The van der Waals surface area contributed by atoms with Crippen LogP contribution in [0.1, 0.15) is 25.7 Å². The second-order valence-corrected chi connectivity index (χ2v) is 5.43. The van der Waals surface area contributed by atoms with Gasteiger partial charge in [-0.1, -0.05) is 23.7 Å². The second-order valence-electron chi connectivity index (χ2n) is 5.02. The molecular weight excluding hydrogens is 294 g/mol. The van der Waals surface area contributed by atoms with Gasteiger partial charge in [0.1, 0.15) is 11.9 Å². The molecule has 6 heteroatoms. The number of hydrogen-bond donors (Lipinski definition) is 1. The van der Waals surface area contributed by atoms with Gasteiger partial charge < -0.3 is 14.7 Å². The van der Waals surface area contributed by atoms with Crippen LogP contribution >= 0.6 is 11.6 Å².